The number of carbonyl (C=O) groups excluding carboxylic acids is 1. The number of benzene rings is 3. The van der Waals surface area contributed by atoms with Crippen molar-refractivity contribution in [3.05, 3.63) is 100 Å². The van der Waals surface area contributed by atoms with Gasteiger partial charge in [-0.2, -0.15) is 0 Å². The van der Waals surface area contributed by atoms with Crippen LogP contribution in [0.4, 0.5) is 4.39 Å². The fourth-order valence-corrected chi connectivity index (χ4v) is 5.36. The number of halogens is 1. The molecule has 1 fully saturated rings. The highest BCUT2D eigenvalue weighted by Crippen LogP contribution is 2.37. The van der Waals surface area contributed by atoms with Gasteiger partial charge in [-0.15, -0.1) is 10.2 Å². The molecule has 1 saturated carbocycles. The van der Waals surface area contributed by atoms with Gasteiger partial charge in [-0.3, -0.25) is 14.0 Å². The molecule has 3 aromatic carbocycles. The molecule has 0 radical (unpaired) electrons. The van der Waals surface area contributed by atoms with Gasteiger partial charge < -0.3 is 5.32 Å². The first kappa shape index (κ1) is 22.5. The summed E-state index contributed by atoms with van der Waals surface area (Å²) in [5, 5.41) is 12.2. The first-order chi connectivity index (χ1) is 17.5. The minimum absolute atomic E-state index is 0.164. The number of aryl methyl sites for hydroxylation is 1. The van der Waals surface area contributed by atoms with Crippen molar-refractivity contribution in [2.75, 3.05) is 0 Å². The van der Waals surface area contributed by atoms with Gasteiger partial charge in [0.2, 0.25) is 11.7 Å². The number of aromatic nitrogens is 4. The zero-order chi connectivity index (χ0) is 24.8. The summed E-state index contributed by atoms with van der Waals surface area (Å²) >= 11 is 1.23. The van der Waals surface area contributed by atoms with Crippen molar-refractivity contribution in [1.82, 2.24) is 24.5 Å². The summed E-state index contributed by atoms with van der Waals surface area (Å²) in [5.41, 5.74) is 2.74. The van der Waals surface area contributed by atoms with Crippen LogP contribution in [0.25, 0.3) is 22.4 Å². The van der Waals surface area contributed by atoms with Crippen molar-refractivity contribution in [2.45, 2.75) is 36.2 Å². The van der Waals surface area contributed by atoms with E-state index in [-0.39, 0.29) is 23.3 Å². The quantitative estimate of drug-likeness (QED) is 0.346. The van der Waals surface area contributed by atoms with Crippen LogP contribution in [0.1, 0.15) is 29.2 Å². The van der Waals surface area contributed by atoms with Crippen LogP contribution in [0.5, 0.6) is 0 Å². The monoisotopic (exact) mass is 499 g/mol. The maximum absolute atomic E-state index is 13.6. The Morgan fingerprint density at radius 3 is 2.50 bits per heavy atom. The molecule has 0 saturated heterocycles. The molecular weight excluding hydrogens is 477 g/mol. The van der Waals surface area contributed by atoms with E-state index < -0.39 is 5.25 Å². The second-order valence-corrected chi connectivity index (χ2v) is 9.97. The molecule has 1 amide bonds. The van der Waals surface area contributed by atoms with Gasteiger partial charge in [0, 0.05) is 6.04 Å². The highest BCUT2D eigenvalue weighted by molar-refractivity contribution is 8.00. The van der Waals surface area contributed by atoms with Crippen molar-refractivity contribution in [3.8, 4) is 5.69 Å². The highest BCUT2D eigenvalue weighted by atomic mass is 32.2. The SMILES string of the molecule is Cc1ccccc1-n1c(=O)c2ccccc2n2c(SC(C(=O)NC3CC3)c3ccc(F)cc3)nnc12. The number of hydrogen-bond donors (Lipinski definition) is 1. The second kappa shape index (κ2) is 8.91. The van der Waals surface area contributed by atoms with Crippen LogP contribution in [0, 0.1) is 12.7 Å². The van der Waals surface area contributed by atoms with Crippen molar-refractivity contribution in [3.63, 3.8) is 0 Å². The second-order valence-electron chi connectivity index (χ2n) is 8.89. The van der Waals surface area contributed by atoms with Crippen molar-refractivity contribution >= 4 is 34.3 Å². The maximum atomic E-state index is 13.6. The number of thioether (sulfide) groups is 1. The van der Waals surface area contributed by atoms with E-state index in [2.05, 4.69) is 15.5 Å². The number of carbonyl (C=O) groups is 1. The smallest absolute Gasteiger partial charge is 0.267 e. The number of nitrogens with one attached hydrogen (secondary N) is 1. The molecule has 7 nitrogen and oxygen atoms in total. The molecule has 1 aliphatic carbocycles. The molecule has 2 aromatic heterocycles. The molecule has 6 rings (SSSR count). The predicted molar refractivity (Wildman–Crippen MR) is 137 cm³/mol. The van der Waals surface area contributed by atoms with Crippen LogP contribution in [0.2, 0.25) is 0 Å². The average Bonchev–Trinajstić information content (AvgIpc) is 3.61. The number of amides is 1. The van der Waals surface area contributed by atoms with E-state index >= 15 is 0 Å². The number of para-hydroxylation sites is 2. The van der Waals surface area contributed by atoms with Crippen LogP contribution in [-0.4, -0.2) is 31.1 Å². The van der Waals surface area contributed by atoms with Gasteiger partial charge in [-0.1, -0.05) is 54.2 Å². The summed E-state index contributed by atoms with van der Waals surface area (Å²) in [6, 6.07) is 21.0. The minimum atomic E-state index is -0.670. The van der Waals surface area contributed by atoms with E-state index in [0.717, 1.165) is 18.4 Å². The van der Waals surface area contributed by atoms with E-state index in [9.17, 15) is 14.0 Å². The van der Waals surface area contributed by atoms with Crippen molar-refractivity contribution in [1.29, 1.82) is 0 Å². The third-order valence-electron chi connectivity index (χ3n) is 6.31. The van der Waals surface area contributed by atoms with Crippen molar-refractivity contribution in [2.24, 2.45) is 0 Å². The number of rotatable bonds is 6. The van der Waals surface area contributed by atoms with Crippen molar-refractivity contribution < 1.29 is 9.18 Å². The zero-order valence-electron chi connectivity index (χ0n) is 19.4. The van der Waals surface area contributed by atoms with E-state index in [1.54, 1.807) is 22.8 Å². The molecule has 2 heterocycles. The topological polar surface area (TPSA) is 81.3 Å². The van der Waals surface area contributed by atoms with E-state index in [4.69, 9.17) is 0 Å². The molecule has 36 heavy (non-hydrogen) atoms. The molecule has 1 aliphatic rings. The van der Waals surface area contributed by atoms with Gasteiger partial charge in [0.05, 0.1) is 16.6 Å². The summed E-state index contributed by atoms with van der Waals surface area (Å²) in [6.45, 7) is 1.94. The Balaban J connectivity index is 1.55. The molecule has 9 heteroatoms. The van der Waals surface area contributed by atoms with E-state index in [1.807, 2.05) is 53.8 Å². The lowest BCUT2D eigenvalue weighted by Gasteiger charge is -2.17. The highest BCUT2D eigenvalue weighted by Gasteiger charge is 2.31. The van der Waals surface area contributed by atoms with Gasteiger partial charge in [0.1, 0.15) is 11.1 Å². The Labute approximate surface area is 210 Å². The largest absolute Gasteiger partial charge is 0.352 e. The zero-order valence-corrected chi connectivity index (χ0v) is 20.2. The number of fused-ring (bicyclic) bond motifs is 3. The van der Waals surface area contributed by atoms with Crippen LogP contribution >= 0.6 is 11.8 Å². The predicted octanol–water partition coefficient (Wildman–Crippen LogP) is 4.59. The standard InChI is InChI=1S/C27H22FN5O2S/c1-16-6-2-4-8-21(16)32-25(35)20-7-3-5-9-22(20)33-26(32)30-31-27(33)36-23(24(34)29-19-14-15-19)17-10-12-18(28)13-11-17/h2-13,19,23H,14-15H2,1H3,(H,29,34). The van der Waals surface area contributed by atoms with Gasteiger partial charge >= 0.3 is 0 Å². The molecule has 1 atom stereocenters. The summed E-state index contributed by atoms with van der Waals surface area (Å²) in [7, 11) is 0. The Morgan fingerprint density at radius 2 is 1.75 bits per heavy atom. The molecule has 1 N–H and O–H groups in total. The summed E-state index contributed by atoms with van der Waals surface area (Å²) < 4.78 is 17.0. The van der Waals surface area contributed by atoms with E-state index in [0.29, 0.717) is 33.1 Å². The minimum Gasteiger partial charge on any atom is -0.352 e. The Kier molecular flexibility index (Phi) is 5.56. The third kappa shape index (κ3) is 3.95. The first-order valence-corrected chi connectivity index (χ1v) is 12.6. The van der Waals surface area contributed by atoms with Gasteiger partial charge in [0.15, 0.2) is 5.16 Å². The summed E-state index contributed by atoms with van der Waals surface area (Å²) in [4.78, 5) is 26.8. The first-order valence-electron chi connectivity index (χ1n) is 11.7. The van der Waals surface area contributed by atoms with Gasteiger partial charge in [-0.25, -0.2) is 8.96 Å². The summed E-state index contributed by atoms with van der Waals surface area (Å²) in [5.74, 6) is -0.176. The molecule has 5 aromatic rings. The Bertz CT molecular complexity index is 1670. The maximum Gasteiger partial charge on any atom is 0.267 e. The van der Waals surface area contributed by atoms with Crippen LogP contribution in [-0.2, 0) is 4.79 Å². The Morgan fingerprint density at radius 1 is 1.03 bits per heavy atom. The van der Waals surface area contributed by atoms with Gasteiger partial charge in [0.25, 0.3) is 5.56 Å². The van der Waals surface area contributed by atoms with E-state index in [1.165, 1.54) is 23.9 Å². The molecule has 0 bridgehead atoms. The molecular formula is C27H22FN5O2S. The number of nitrogens with zero attached hydrogens (tertiary/aromatic N) is 4. The van der Waals surface area contributed by atoms with Crippen LogP contribution < -0.4 is 10.9 Å². The molecule has 0 spiro atoms. The molecule has 0 aliphatic heterocycles. The fourth-order valence-electron chi connectivity index (χ4n) is 4.31. The lowest BCUT2D eigenvalue weighted by atomic mass is 10.1. The summed E-state index contributed by atoms with van der Waals surface area (Å²) in [6.07, 6.45) is 1.90. The third-order valence-corrected chi connectivity index (χ3v) is 7.51. The fraction of sp³-hybridized carbons (Fsp3) is 0.185. The van der Waals surface area contributed by atoms with Crippen LogP contribution in [0.15, 0.2) is 82.7 Å². The average molecular weight is 500 g/mol. The lowest BCUT2D eigenvalue weighted by molar-refractivity contribution is -0.120. The van der Waals surface area contributed by atoms with Gasteiger partial charge in [-0.05, 0) is 61.2 Å². The van der Waals surface area contributed by atoms with Crippen LogP contribution in [0.3, 0.4) is 0 Å². The molecule has 1 unspecified atom stereocenters. The number of hydrogen-bond acceptors (Lipinski definition) is 5. The Hall–Kier alpha value is -3.98. The molecule has 180 valence electrons. The lowest BCUT2D eigenvalue weighted by Crippen LogP contribution is -2.30. The normalized spacial score (nSPS) is 14.3.